The van der Waals surface area contributed by atoms with Gasteiger partial charge < -0.3 is 9.84 Å². The average Bonchev–Trinajstić information content (AvgIpc) is 1.99. The second kappa shape index (κ2) is 3.88. The number of carbonyl (C=O) groups is 1. The van der Waals surface area contributed by atoms with Crippen molar-refractivity contribution in [3.8, 4) is 5.75 Å². The fraction of sp³-hybridized carbons (Fsp3) is 0.364. The van der Waals surface area contributed by atoms with E-state index in [-0.39, 0.29) is 11.3 Å². The molecule has 0 heterocycles. The third-order valence-electron chi connectivity index (χ3n) is 1.54. The molecule has 0 aliphatic heterocycles. The summed E-state index contributed by atoms with van der Waals surface area (Å²) in [5.74, 6) is -1.57. The molecule has 0 bridgehead atoms. The van der Waals surface area contributed by atoms with Gasteiger partial charge in [0.2, 0.25) is 0 Å². The highest BCUT2D eigenvalue weighted by atomic mass is 19.1. The van der Waals surface area contributed by atoms with Crippen molar-refractivity contribution in [3.05, 3.63) is 29.6 Å². The van der Waals surface area contributed by atoms with Gasteiger partial charge in [-0.25, -0.2) is 9.18 Å². The second-order valence-corrected chi connectivity index (χ2v) is 4.20. The Hall–Kier alpha value is -1.58. The van der Waals surface area contributed by atoms with E-state index in [9.17, 15) is 9.18 Å². The van der Waals surface area contributed by atoms with E-state index in [1.54, 1.807) is 20.8 Å². The molecule has 0 radical (unpaired) electrons. The standard InChI is InChI=1S/C11H13FO3/c1-11(2,3)15-9-5-7(10(13)14)4-8(12)6-9/h4-6H,1-3H3,(H,13,14). The molecule has 3 nitrogen and oxygen atoms in total. The maximum atomic E-state index is 13.0. The Balaban J connectivity index is 3.04. The van der Waals surface area contributed by atoms with Crippen LogP contribution < -0.4 is 4.74 Å². The first-order chi connectivity index (χ1) is 6.78. The van der Waals surface area contributed by atoms with E-state index in [4.69, 9.17) is 9.84 Å². The minimum atomic E-state index is -1.17. The van der Waals surface area contributed by atoms with Gasteiger partial charge in [0.1, 0.15) is 17.2 Å². The zero-order valence-corrected chi connectivity index (χ0v) is 8.87. The Bertz CT molecular complexity index is 380. The summed E-state index contributed by atoms with van der Waals surface area (Å²) >= 11 is 0. The highest BCUT2D eigenvalue weighted by Crippen LogP contribution is 2.21. The lowest BCUT2D eigenvalue weighted by Crippen LogP contribution is -2.23. The molecular formula is C11H13FO3. The Morgan fingerprint density at radius 1 is 1.33 bits per heavy atom. The Morgan fingerprint density at radius 2 is 1.93 bits per heavy atom. The molecule has 0 unspecified atom stereocenters. The summed E-state index contributed by atoms with van der Waals surface area (Å²) in [6.45, 7) is 5.41. The molecule has 82 valence electrons. The summed E-state index contributed by atoms with van der Waals surface area (Å²) in [5.41, 5.74) is -0.599. The summed E-state index contributed by atoms with van der Waals surface area (Å²) in [7, 11) is 0. The van der Waals surface area contributed by atoms with Crippen molar-refractivity contribution in [1.29, 1.82) is 0 Å². The van der Waals surface area contributed by atoms with E-state index in [0.29, 0.717) is 0 Å². The number of rotatable bonds is 2. The first-order valence-corrected chi connectivity index (χ1v) is 4.51. The Kier molecular flexibility index (Phi) is 2.98. The lowest BCUT2D eigenvalue weighted by molar-refractivity contribution is 0.0694. The minimum Gasteiger partial charge on any atom is -0.488 e. The lowest BCUT2D eigenvalue weighted by atomic mass is 10.1. The smallest absolute Gasteiger partial charge is 0.335 e. The summed E-state index contributed by atoms with van der Waals surface area (Å²) in [4.78, 5) is 10.6. The van der Waals surface area contributed by atoms with Gasteiger partial charge in [-0.15, -0.1) is 0 Å². The van der Waals surface area contributed by atoms with Gasteiger partial charge >= 0.3 is 5.97 Å². The van der Waals surface area contributed by atoms with Crippen molar-refractivity contribution in [1.82, 2.24) is 0 Å². The van der Waals surface area contributed by atoms with Crippen LogP contribution in [0, 0.1) is 5.82 Å². The number of benzene rings is 1. The van der Waals surface area contributed by atoms with Gasteiger partial charge in [-0.1, -0.05) is 0 Å². The molecule has 0 aliphatic carbocycles. The summed E-state index contributed by atoms with van der Waals surface area (Å²) < 4.78 is 18.4. The van der Waals surface area contributed by atoms with Crippen LogP contribution in [0.4, 0.5) is 4.39 Å². The summed E-state index contributed by atoms with van der Waals surface area (Å²) in [6.07, 6.45) is 0. The van der Waals surface area contributed by atoms with Gasteiger partial charge in [0.15, 0.2) is 0 Å². The van der Waals surface area contributed by atoms with E-state index in [1.165, 1.54) is 6.07 Å². The van der Waals surface area contributed by atoms with Crippen molar-refractivity contribution >= 4 is 5.97 Å². The van der Waals surface area contributed by atoms with Crippen LogP contribution in [0.2, 0.25) is 0 Å². The van der Waals surface area contributed by atoms with E-state index in [2.05, 4.69) is 0 Å². The zero-order chi connectivity index (χ0) is 11.6. The first kappa shape index (κ1) is 11.5. The van der Waals surface area contributed by atoms with Crippen LogP contribution in [-0.2, 0) is 0 Å². The summed E-state index contributed by atoms with van der Waals surface area (Å²) in [6, 6.07) is 3.42. The molecule has 1 aromatic rings. The number of aromatic carboxylic acids is 1. The molecule has 0 saturated heterocycles. The fourth-order valence-corrected chi connectivity index (χ4v) is 1.10. The molecular weight excluding hydrogens is 199 g/mol. The number of hydrogen-bond acceptors (Lipinski definition) is 2. The summed E-state index contributed by atoms with van der Waals surface area (Å²) in [5, 5.41) is 8.71. The van der Waals surface area contributed by atoms with Crippen LogP contribution in [0.3, 0.4) is 0 Å². The van der Waals surface area contributed by atoms with Gasteiger partial charge in [-0.05, 0) is 32.9 Å². The van der Waals surface area contributed by atoms with Crippen molar-refractivity contribution in [2.24, 2.45) is 0 Å². The molecule has 1 N–H and O–H groups in total. The first-order valence-electron chi connectivity index (χ1n) is 4.51. The highest BCUT2D eigenvalue weighted by molar-refractivity contribution is 5.88. The molecule has 1 aromatic carbocycles. The van der Waals surface area contributed by atoms with Gasteiger partial charge in [-0.2, -0.15) is 0 Å². The largest absolute Gasteiger partial charge is 0.488 e. The maximum absolute atomic E-state index is 13.0. The number of carboxylic acids is 1. The normalized spacial score (nSPS) is 11.2. The SMILES string of the molecule is CC(C)(C)Oc1cc(F)cc(C(=O)O)c1. The van der Waals surface area contributed by atoms with E-state index in [1.807, 2.05) is 0 Å². The monoisotopic (exact) mass is 212 g/mol. The van der Waals surface area contributed by atoms with E-state index in [0.717, 1.165) is 12.1 Å². The molecule has 0 fully saturated rings. The second-order valence-electron chi connectivity index (χ2n) is 4.20. The highest BCUT2D eigenvalue weighted by Gasteiger charge is 2.14. The number of ether oxygens (including phenoxy) is 1. The fourth-order valence-electron chi connectivity index (χ4n) is 1.10. The molecule has 15 heavy (non-hydrogen) atoms. The Labute approximate surface area is 87.5 Å². The van der Waals surface area contributed by atoms with E-state index < -0.39 is 17.4 Å². The van der Waals surface area contributed by atoms with Crippen molar-refractivity contribution in [3.63, 3.8) is 0 Å². The van der Waals surface area contributed by atoms with Gasteiger partial charge in [0.05, 0.1) is 5.56 Å². The maximum Gasteiger partial charge on any atom is 0.335 e. The van der Waals surface area contributed by atoms with E-state index >= 15 is 0 Å². The quantitative estimate of drug-likeness (QED) is 0.819. The van der Waals surface area contributed by atoms with Crippen molar-refractivity contribution < 1.29 is 19.0 Å². The van der Waals surface area contributed by atoms with Crippen molar-refractivity contribution in [2.45, 2.75) is 26.4 Å². The molecule has 0 aliphatic rings. The van der Waals surface area contributed by atoms with Gasteiger partial charge in [0, 0.05) is 6.07 Å². The van der Waals surface area contributed by atoms with Gasteiger partial charge in [-0.3, -0.25) is 0 Å². The number of halogens is 1. The average molecular weight is 212 g/mol. The van der Waals surface area contributed by atoms with Crippen LogP contribution in [0.25, 0.3) is 0 Å². The zero-order valence-electron chi connectivity index (χ0n) is 8.87. The minimum absolute atomic E-state index is 0.116. The Morgan fingerprint density at radius 3 is 2.40 bits per heavy atom. The van der Waals surface area contributed by atoms with Crippen LogP contribution in [0.5, 0.6) is 5.75 Å². The van der Waals surface area contributed by atoms with Gasteiger partial charge in [0.25, 0.3) is 0 Å². The molecule has 0 aromatic heterocycles. The van der Waals surface area contributed by atoms with Crippen LogP contribution in [0.15, 0.2) is 18.2 Å². The van der Waals surface area contributed by atoms with Crippen LogP contribution in [0.1, 0.15) is 31.1 Å². The number of carboxylic acid groups (broad SMARTS) is 1. The lowest BCUT2D eigenvalue weighted by Gasteiger charge is -2.21. The molecule has 0 amide bonds. The third kappa shape index (κ3) is 3.58. The van der Waals surface area contributed by atoms with Crippen LogP contribution in [-0.4, -0.2) is 16.7 Å². The predicted octanol–water partition coefficient (Wildman–Crippen LogP) is 2.70. The molecule has 0 spiro atoms. The molecule has 0 atom stereocenters. The molecule has 0 saturated carbocycles. The topological polar surface area (TPSA) is 46.5 Å². The van der Waals surface area contributed by atoms with Crippen molar-refractivity contribution in [2.75, 3.05) is 0 Å². The predicted molar refractivity (Wildman–Crippen MR) is 53.7 cm³/mol. The number of hydrogen-bond donors (Lipinski definition) is 1. The third-order valence-corrected chi connectivity index (χ3v) is 1.54. The molecule has 1 rings (SSSR count). The molecule has 4 heteroatoms. The van der Waals surface area contributed by atoms with Crippen LogP contribution >= 0.6 is 0 Å².